The van der Waals surface area contributed by atoms with Gasteiger partial charge in [0.2, 0.25) is 11.4 Å². The van der Waals surface area contributed by atoms with E-state index >= 15 is 0 Å². The second-order valence-corrected chi connectivity index (χ2v) is 7.51. The van der Waals surface area contributed by atoms with Crippen LogP contribution in [0.5, 0.6) is 11.5 Å². The van der Waals surface area contributed by atoms with Crippen molar-refractivity contribution in [2.75, 3.05) is 0 Å². The molecule has 3 aliphatic heterocycles. The van der Waals surface area contributed by atoms with Gasteiger partial charge in [-0.3, -0.25) is 9.59 Å². The van der Waals surface area contributed by atoms with Gasteiger partial charge in [0.15, 0.2) is 18.0 Å². The van der Waals surface area contributed by atoms with E-state index in [9.17, 15) is 14.7 Å². The normalized spacial score (nSPS) is 41.3. The van der Waals surface area contributed by atoms with Crippen molar-refractivity contribution in [3.63, 3.8) is 0 Å². The van der Waals surface area contributed by atoms with Gasteiger partial charge in [0.25, 0.3) is 5.60 Å². The predicted molar refractivity (Wildman–Crippen MR) is 88.3 cm³/mol. The maximum Gasteiger partial charge on any atom is 0.321 e. The predicted octanol–water partition coefficient (Wildman–Crippen LogP) is 0.665. The van der Waals surface area contributed by atoms with Crippen molar-refractivity contribution in [2.45, 2.75) is 35.3 Å². The average molecular weight is 364 g/mol. The Balaban J connectivity index is 1.51. The number of Topliss-reactive ketones (excluding diaryl/α,β-unsaturated/α-hetero) is 1. The van der Waals surface area contributed by atoms with Gasteiger partial charge in [-0.25, -0.2) is 0 Å². The third-order valence-electron chi connectivity index (χ3n) is 6.32. The van der Waals surface area contributed by atoms with E-state index in [1.165, 1.54) is 12.2 Å². The van der Waals surface area contributed by atoms with Crippen molar-refractivity contribution in [1.29, 1.82) is 0 Å². The number of fused-ring (bicyclic) bond motifs is 2. The summed E-state index contributed by atoms with van der Waals surface area (Å²) >= 11 is 0. The summed E-state index contributed by atoms with van der Waals surface area (Å²) in [6.45, 7) is 0. The molecule has 3 unspecified atom stereocenters. The van der Waals surface area contributed by atoms with Crippen LogP contribution < -0.4 is 9.47 Å². The molecule has 3 heterocycles. The molecule has 0 bridgehead atoms. The zero-order valence-corrected chi connectivity index (χ0v) is 13.7. The summed E-state index contributed by atoms with van der Waals surface area (Å²) in [6, 6.07) is 11.1. The molecule has 27 heavy (non-hydrogen) atoms. The first-order chi connectivity index (χ1) is 13.1. The molecule has 2 saturated heterocycles. The second-order valence-electron chi connectivity index (χ2n) is 7.51. The Morgan fingerprint density at radius 3 is 2.41 bits per heavy atom. The standard InChI is InChI=1S/C20H12O7/c21-12-7-8-13(22)19-18(12,27-19)16(23)15-17(24-15)20(19)25-10-5-1-3-9-4-2-6-11(26-20)14(9)10/h1-8,12,15,17,21H/t12?,15?,17?,18-,19-/m1/s1. The minimum Gasteiger partial charge on any atom is -0.446 e. The van der Waals surface area contributed by atoms with Gasteiger partial charge in [-0.2, -0.15) is 0 Å². The van der Waals surface area contributed by atoms with Crippen LogP contribution in [-0.4, -0.2) is 52.0 Å². The molecule has 0 amide bonds. The second kappa shape index (κ2) is 3.91. The van der Waals surface area contributed by atoms with E-state index in [1.807, 2.05) is 24.3 Å². The van der Waals surface area contributed by atoms with Crippen LogP contribution in [0, 0.1) is 0 Å². The minimum atomic E-state index is -1.77. The summed E-state index contributed by atoms with van der Waals surface area (Å²) in [5.41, 5.74) is -3.49. The van der Waals surface area contributed by atoms with Crippen molar-refractivity contribution < 1.29 is 33.6 Å². The number of benzene rings is 2. The lowest BCUT2D eigenvalue weighted by Gasteiger charge is -2.44. The van der Waals surface area contributed by atoms with Crippen LogP contribution in [0.25, 0.3) is 10.8 Å². The fourth-order valence-corrected chi connectivity index (χ4v) is 5.08. The van der Waals surface area contributed by atoms with E-state index in [1.54, 1.807) is 12.1 Å². The van der Waals surface area contributed by atoms with Gasteiger partial charge >= 0.3 is 5.79 Å². The number of ether oxygens (including phenoxy) is 4. The number of hydrogen-bond acceptors (Lipinski definition) is 7. The van der Waals surface area contributed by atoms with E-state index in [4.69, 9.17) is 18.9 Å². The summed E-state index contributed by atoms with van der Waals surface area (Å²) in [5.74, 6) is -1.53. The molecule has 134 valence electrons. The lowest BCUT2D eigenvalue weighted by molar-refractivity contribution is -0.189. The molecule has 1 N–H and O–H groups in total. The number of aliphatic hydroxyl groups is 1. The fraction of sp³-hybridized carbons (Fsp3) is 0.300. The van der Waals surface area contributed by atoms with Crippen LogP contribution in [0.2, 0.25) is 0 Å². The Hall–Kier alpha value is -2.74. The summed E-state index contributed by atoms with van der Waals surface area (Å²) in [7, 11) is 0. The van der Waals surface area contributed by atoms with Gasteiger partial charge in [0.05, 0.1) is 5.39 Å². The molecule has 5 aliphatic rings. The van der Waals surface area contributed by atoms with Gasteiger partial charge in [0, 0.05) is 0 Å². The molecule has 3 fully saturated rings. The van der Waals surface area contributed by atoms with Crippen molar-refractivity contribution in [3.8, 4) is 11.5 Å². The van der Waals surface area contributed by atoms with E-state index in [2.05, 4.69) is 0 Å². The van der Waals surface area contributed by atoms with Crippen LogP contribution in [0.4, 0.5) is 0 Å². The number of carbonyl (C=O) groups excluding carboxylic acids is 2. The molecule has 1 spiro atoms. The Morgan fingerprint density at radius 2 is 1.70 bits per heavy atom. The topological polar surface area (TPSA) is 97.9 Å². The molecular weight excluding hydrogens is 352 g/mol. The molecule has 2 aromatic rings. The molecule has 5 atom stereocenters. The van der Waals surface area contributed by atoms with Crippen LogP contribution in [0.1, 0.15) is 0 Å². The molecule has 7 rings (SSSR count). The van der Waals surface area contributed by atoms with Crippen LogP contribution in [-0.2, 0) is 19.1 Å². The molecule has 2 aromatic carbocycles. The SMILES string of the molecule is O=C1C2OC2C2(Oc3cccc4cccc(c34)O2)[C@]23O[C@]12C(O)C=CC3=O. The first-order valence-corrected chi connectivity index (χ1v) is 8.76. The lowest BCUT2D eigenvalue weighted by atomic mass is 9.67. The summed E-state index contributed by atoms with van der Waals surface area (Å²) in [6.07, 6.45) is -0.392. The number of hydrogen-bond donors (Lipinski definition) is 1. The maximum atomic E-state index is 13.0. The molecular formula is C20H12O7. The highest BCUT2D eigenvalue weighted by molar-refractivity contribution is 6.15. The monoisotopic (exact) mass is 364 g/mol. The molecule has 7 nitrogen and oxygen atoms in total. The molecule has 0 radical (unpaired) electrons. The van der Waals surface area contributed by atoms with E-state index < -0.39 is 46.9 Å². The molecule has 1 saturated carbocycles. The van der Waals surface area contributed by atoms with Crippen molar-refractivity contribution in [2.24, 2.45) is 0 Å². The summed E-state index contributed by atoms with van der Waals surface area (Å²) in [5, 5.41) is 12.2. The van der Waals surface area contributed by atoms with Gasteiger partial charge < -0.3 is 24.1 Å². The largest absolute Gasteiger partial charge is 0.446 e. The number of aliphatic hydroxyl groups excluding tert-OH is 1. The highest BCUT2D eigenvalue weighted by Gasteiger charge is 3.00. The van der Waals surface area contributed by atoms with Gasteiger partial charge in [-0.1, -0.05) is 24.3 Å². The zero-order valence-electron chi connectivity index (χ0n) is 13.7. The average Bonchev–Trinajstić information content (AvgIpc) is 3.57. The van der Waals surface area contributed by atoms with Crippen LogP contribution in [0.15, 0.2) is 48.6 Å². The van der Waals surface area contributed by atoms with E-state index in [-0.39, 0.29) is 0 Å². The quantitative estimate of drug-likeness (QED) is 0.686. The maximum absolute atomic E-state index is 13.0. The summed E-state index contributed by atoms with van der Waals surface area (Å²) < 4.78 is 24.0. The van der Waals surface area contributed by atoms with Gasteiger partial charge in [-0.15, -0.1) is 0 Å². The van der Waals surface area contributed by atoms with Crippen molar-refractivity contribution in [3.05, 3.63) is 48.6 Å². The van der Waals surface area contributed by atoms with Gasteiger partial charge in [0.1, 0.15) is 17.6 Å². The fourth-order valence-electron chi connectivity index (χ4n) is 5.08. The number of rotatable bonds is 0. The van der Waals surface area contributed by atoms with Crippen LogP contribution >= 0.6 is 0 Å². The zero-order chi connectivity index (χ0) is 18.2. The van der Waals surface area contributed by atoms with E-state index in [0.717, 1.165) is 10.8 Å². The Kier molecular flexibility index (Phi) is 2.08. The summed E-state index contributed by atoms with van der Waals surface area (Å²) in [4.78, 5) is 25.8. The van der Waals surface area contributed by atoms with E-state index in [0.29, 0.717) is 11.5 Å². The third kappa shape index (κ3) is 1.24. The smallest absolute Gasteiger partial charge is 0.321 e. The first-order valence-electron chi connectivity index (χ1n) is 8.76. The molecule has 7 heteroatoms. The van der Waals surface area contributed by atoms with Crippen LogP contribution in [0.3, 0.4) is 0 Å². The van der Waals surface area contributed by atoms with Crippen molar-refractivity contribution in [1.82, 2.24) is 0 Å². The van der Waals surface area contributed by atoms with Crippen molar-refractivity contribution >= 4 is 22.3 Å². The number of ketones is 2. The molecule has 0 aromatic heterocycles. The third-order valence-corrected chi connectivity index (χ3v) is 6.32. The number of carbonyl (C=O) groups is 2. The minimum absolute atomic E-state index is 0.437. The Labute approximate surface area is 152 Å². The number of epoxide rings is 2. The highest BCUT2D eigenvalue weighted by Crippen LogP contribution is 2.70. The molecule has 2 aliphatic carbocycles. The lowest BCUT2D eigenvalue weighted by Crippen LogP contribution is -2.72. The van der Waals surface area contributed by atoms with Gasteiger partial charge in [-0.05, 0) is 29.7 Å². The highest BCUT2D eigenvalue weighted by atomic mass is 16.8. The Morgan fingerprint density at radius 1 is 1.00 bits per heavy atom. The first kappa shape index (κ1) is 14.3. The Bertz CT molecular complexity index is 1100.